The van der Waals surface area contributed by atoms with Gasteiger partial charge in [-0.2, -0.15) is 13.2 Å². The van der Waals surface area contributed by atoms with Crippen molar-refractivity contribution in [2.45, 2.75) is 64.9 Å². The van der Waals surface area contributed by atoms with Gasteiger partial charge in [0.05, 0.1) is 5.56 Å². The minimum Gasteiger partial charge on any atom is -0.444 e. The number of alkyl halides is 3. The summed E-state index contributed by atoms with van der Waals surface area (Å²) in [5, 5.41) is 3.20. The summed E-state index contributed by atoms with van der Waals surface area (Å²) < 4.78 is 59.4. The number of carbonyl (C=O) groups excluding carboxylic acids is 1. The van der Waals surface area contributed by atoms with Crippen molar-refractivity contribution in [1.29, 1.82) is 0 Å². The molecule has 0 saturated carbocycles. The third kappa shape index (κ3) is 5.83. The molecule has 158 valence electrons. The van der Waals surface area contributed by atoms with Crippen LogP contribution in [-0.4, -0.2) is 35.7 Å². The summed E-state index contributed by atoms with van der Waals surface area (Å²) in [6.07, 6.45) is -4.44. The molecule has 0 radical (unpaired) electrons. The van der Waals surface area contributed by atoms with Crippen molar-refractivity contribution < 1.29 is 27.1 Å². The maximum Gasteiger partial charge on any atom is 0.416 e. The fourth-order valence-corrected chi connectivity index (χ4v) is 3.33. The standard InChI is InChI=1S/C20H28F4N2O2/c1-12(2)17(15-10-13(21)6-7-16(15)20(22,23)24)25-14-8-9-26(11-14)18(27)28-19(3,4)5/h6-7,10,12,14,17,25H,8-9,11H2,1-5H3/t14-,17?/m0/s1. The van der Waals surface area contributed by atoms with Gasteiger partial charge in [0.25, 0.3) is 0 Å². The minimum atomic E-state index is -4.57. The molecule has 0 aromatic heterocycles. The molecule has 2 rings (SSSR count). The molecule has 1 saturated heterocycles. The number of hydrogen-bond donors (Lipinski definition) is 1. The summed E-state index contributed by atoms with van der Waals surface area (Å²) in [5.41, 5.74) is -1.58. The van der Waals surface area contributed by atoms with Gasteiger partial charge in [0.2, 0.25) is 0 Å². The molecule has 28 heavy (non-hydrogen) atoms. The molecule has 1 unspecified atom stereocenters. The molecule has 0 spiro atoms. The second kappa shape index (κ2) is 8.27. The van der Waals surface area contributed by atoms with Gasteiger partial charge in [0.1, 0.15) is 11.4 Å². The van der Waals surface area contributed by atoms with Crippen molar-refractivity contribution in [3.05, 3.63) is 35.1 Å². The molecule has 1 N–H and O–H groups in total. The maximum absolute atomic E-state index is 13.7. The first-order valence-electron chi connectivity index (χ1n) is 9.38. The van der Waals surface area contributed by atoms with E-state index in [0.717, 1.165) is 18.2 Å². The van der Waals surface area contributed by atoms with E-state index in [-0.39, 0.29) is 17.5 Å². The molecule has 1 aromatic rings. The lowest BCUT2D eigenvalue weighted by molar-refractivity contribution is -0.138. The molecular weight excluding hydrogens is 376 g/mol. The fourth-order valence-electron chi connectivity index (χ4n) is 3.33. The summed E-state index contributed by atoms with van der Waals surface area (Å²) in [6, 6.07) is 1.65. The monoisotopic (exact) mass is 404 g/mol. The quantitative estimate of drug-likeness (QED) is 0.707. The van der Waals surface area contributed by atoms with Crippen LogP contribution >= 0.6 is 0 Å². The van der Waals surface area contributed by atoms with Gasteiger partial charge in [-0.1, -0.05) is 13.8 Å². The molecule has 1 amide bonds. The van der Waals surface area contributed by atoms with E-state index in [1.54, 1.807) is 34.6 Å². The third-order valence-electron chi connectivity index (χ3n) is 4.58. The summed E-state index contributed by atoms with van der Waals surface area (Å²) in [7, 11) is 0. The van der Waals surface area contributed by atoms with Crippen LogP contribution in [0.4, 0.5) is 22.4 Å². The molecule has 0 bridgehead atoms. The predicted octanol–water partition coefficient (Wildman–Crippen LogP) is 5.14. The number of halogens is 4. The minimum absolute atomic E-state index is 0.113. The number of carbonyl (C=O) groups is 1. The Morgan fingerprint density at radius 3 is 2.43 bits per heavy atom. The number of amides is 1. The van der Waals surface area contributed by atoms with Crippen LogP contribution in [0.1, 0.15) is 58.2 Å². The van der Waals surface area contributed by atoms with Crippen LogP contribution < -0.4 is 5.32 Å². The topological polar surface area (TPSA) is 41.6 Å². The first kappa shape index (κ1) is 22.5. The van der Waals surface area contributed by atoms with Crippen LogP contribution in [0.5, 0.6) is 0 Å². The smallest absolute Gasteiger partial charge is 0.416 e. The van der Waals surface area contributed by atoms with E-state index in [1.165, 1.54) is 4.90 Å². The van der Waals surface area contributed by atoms with Crippen LogP contribution in [0, 0.1) is 11.7 Å². The Labute approximate surface area is 163 Å². The Kier molecular flexibility index (Phi) is 6.63. The number of likely N-dealkylation sites (tertiary alicyclic amines) is 1. The van der Waals surface area contributed by atoms with Crippen LogP contribution in [-0.2, 0) is 10.9 Å². The molecule has 0 aliphatic carbocycles. The number of benzene rings is 1. The van der Waals surface area contributed by atoms with Gasteiger partial charge in [0.15, 0.2) is 0 Å². The van der Waals surface area contributed by atoms with Gasteiger partial charge >= 0.3 is 12.3 Å². The van der Waals surface area contributed by atoms with Crippen LogP contribution in [0.25, 0.3) is 0 Å². The van der Waals surface area contributed by atoms with E-state index in [0.29, 0.717) is 19.5 Å². The molecule has 2 atom stereocenters. The average molecular weight is 404 g/mol. The molecule has 4 nitrogen and oxygen atoms in total. The number of rotatable bonds is 4. The van der Waals surface area contributed by atoms with E-state index in [2.05, 4.69) is 5.32 Å². The Morgan fingerprint density at radius 2 is 1.89 bits per heavy atom. The maximum atomic E-state index is 13.7. The van der Waals surface area contributed by atoms with E-state index in [9.17, 15) is 22.4 Å². The summed E-state index contributed by atoms with van der Waals surface area (Å²) in [4.78, 5) is 13.7. The normalized spacial score (nSPS) is 19.2. The molecule has 1 aromatic carbocycles. The van der Waals surface area contributed by atoms with Gasteiger partial charge in [-0.05, 0) is 56.9 Å². The zero-order chi connectivity index (χ0) is 21.3. The number of ether oxygens (including phenoxy) is 1. The predicted molar refractivity (Wildman–Crippen MR) is 98.3 cm³/mol. The van der Waals surface area contributed by atoms with E-state index in [4.69, 9.17) is 4.74 Å². The highest BCUT2D eigenvalue weighted by Crippen LogP contribution is 2.37. The van der Waals surface area contributed by atoms with Crippen LogP contribution in [0.15, 0.2) is 18.2 Å². The zero-order valence-electron chi connectivity index (χ0n) is 16.9. The van der Waals surface area contributed by atoms with Gasteiger partial charge in [-0.15, -0.1) is 0 Å². The van der Waals surface area contributed by atoms with Gasteiger partial charge in [0, 0.05) is 25.2 Å². The number of hydrogen-bond acceptors (Lipinski definition) is 3. The molecule has 8 heteroatoms. The molecule has 1 aliphatic rings. The summed E-state index contributed by atoms with van der Waals surface area (Å²) in [5.74, 6) is -0.921. The van der Waals surface area contributed by atoms with Gasteiger partial charge < -0.3 is 15.0 Å². The van der Waals surface area contributed by atoms with E-state index in [1.807, 2.05) is 0 Å². The van der Waals surface area contributed by atoms with E-state index >= 15 is 0 Å². The lowest BCUT2D eigenvalue weighted by Gasteiger charge is -2.29. The first-order chi connectivity index (χ1) is 12.8. The van der Waals surface area contributed by atoms with Crippen LogP contribution in [0.2, 0.25) is 0 Å². The van der Waals surface area contributed by atoms with Crippen molar-refractivity contribution in [2.75, 3.05) is 13.1 Å². The average Bonchev–Trinajstić information content (AvgIpc) is 2.98. The largest absolute Gasteiger partial charge is 0.444 e. The first-order valence-corrected chi connectivity index (χ1v) is 9.38. The highest BCUT2D eigenvalue weighted by Gasteiger charge is 2.38. The summed E-state index contributed by atoms with van der Waals surface area (Å²) in [6.45, 7) is 9.66. The Hall–Kier alpha value is -1.83. The zero-order valence-corrected chi connectivity index (χ0v) is 16.9. The number of nitrogens with one attached hydrogen (secondary N) is 1. The van der Waals surface area contributed by atoms with Crippen molar-refractivity contribution in [1.82, 2.24) is 10.2 Å². The lowest BCUT2D eigenvalue weighted by atomic mass is 9.91. The SMILES string of the molecule is CC(C)C(N[C@H]1CCN(C(=O)OC(C)(C)C)C1)c1cc(F)ccc1C(F)(F)F. The molecule has 1 aliphatic heterocycles. The lowest BCUT2D eigenvalue weighted by Crippen LogP contribution is -2.40. The number of nitrogens with zero attached hydrogens (tertiary/aromatic N) is 1. The second-order valence-electron chi connectivity index (χ2n) is 8.53. The van der Waals surface area contributed by atoms with Crippen molar-refractivity contribution >= 4 is 6.09 Å². The van der Waals surface area contributed by atoms with Gasteiger partial charge in [-0.3, -0.25) is 0 Å². The van der Waals surface area contributed by atoms with Crippen LogP contribution in [0.3, 0.4) is 0 Å². The Bertz CT molecular complexity index is 698. The highest BCUT2D eigenvalue weighted by atomic mass is 19.4. The van der Waals surface area contributed by atoms with Gasteiger partial charge in [-0.25, -0.2) is 9.18 Å². The fraction of sp³-hybridized carbons (Fsp3) is 0.650. The third-order valence-corrected chi connectivity index (χ3v) is 4.58. The molecule has 1 fully saturated rings. The van der Waals surface area contributed by atoms with Crippen molar-refractivity contribution in [2.24, 2.45) is 5.92 Å². The highest BCUT2D eigenvalue weighted by molar-refractivity contribution is 5.68. The second-order valence-corrected chi connectivity index (χ2v) is 8.53. The summed E-state index contributed by atoms with van der Waals surface area (Å²) >= 11 is 0. The molecule has 1 heterocycles. The van der Waals surface area contributed by atoms with Crippen molar-refractivity contribution in [3.8, 4) is 0 Å². The Morgan fingerprint density at radius 1 is 1.25 bits per heavy atom. The molecular formula is C20H28F4N2O2. The van der Waals surface area contributed by atoms with E-state index < -0.39 is 35.3 Å². The van der Waals surface area contributed by atoms with Crippen molar-refractivity contribution in [3.63, 3.8) is 0 Å². The Balaban J connectivity index is 2.18.